The lowest BCUT2D eigenvalue weighted by atomic mass is 10.1. The van der Waals surface area contributed by atoms with Gasteiger partial charge >= 0.3 is 0 Å². The van der Waals surface area contributed by atoms with Gasteiger partial charge in [0.15, 0.2) is 0 Å². The molecule has 1 aromatic heterocycles. The fourth-order valence-electron chi connectivity index (χ4n) is 3.15. The highest BCUT2D eigenvalue weighted by Gasteiger charge is 2.23. The molecule has 1 saturated heterocycles. The number of aromatic nitrogens is 2. The van der Waals surface area contributed by atoms with E-state index >= 15 is 0 Å². The maximum absolute atomic E-state index is 4.40. The summed E-state index contributed by atoms with van der Waals surface area (Å²) in [5.41, 5.74) is 1.35. The van der Waals surface area contributed by atoms with E-state index < -0.39 is 0 Å². The Morgan fingerprint density at radius 2 is 2.10 bits per heavy atom. The average molecular weight is 284 g/mol. The number of benzene rings is 1. The molecule has 1 fully saturated rings. The molecule has 112 valence electrons. The number of para-hydroxylation sites is 1. The second-order valence-electron chi connectivity index (χ2n) is 6.09. The van der Waals surface area contributed by atoms with Crippen LogP contribution >= 0.6 is 0 Å². The van der Waals surface area contributed by atoms with Crippen molar-refractivity contribution in [2.45, 2.75) is 13.0 Å². The zero-order valence-electron chi connectivity index (χ0n) is 12.9. The SMILES string of the molecule is CN(Cc1nccn1C)CC1CCN(c2ccccc2)C1. The average Bonchev–Trinajstić information content (AvgIpc) is 3.10. The van der Waals surface area contributed by atoms with Gasteiger partial charge in [-0.3, -0.25) is 4.90 Å². The Kier molecular flexibility index (Phi) is 4.25. The molecule has 1 aromatic carbocycles. The summed E-state index contributed by atoms with van der Waals surface area (Å²) in [6, 6.07) is 10.7. The van der Waals surface area contributed by atoms with Crippen molar-refractivity contribution in [2.75, 3.05) is 31.6 Å². The van der Waals surface area contributed by atoms with Gasteiger partial charge in [-0.25, -0.2) is 4.98 Å². The van der Waals surface area contributed by atoms with Crippen molar-refractivity contribution in [1.29, 1.82) is 0 Å². The van der Waals surface area contributed by atoms with Crippen molar-refractivity contribution in [1.82, 2.24) is 14.5 Å². The maximum atomic E-state index is 4.40. The molecule has 1 unspecified atom stereocenters. The van der Waals surface area contributed by atoms with Crippen LogP contribution in [0.1, 0.15) is 12.2 Å². The van der Waals surface area contributed by atoms with Crippen LogP contribution in [0.25, 0.3) is 0 Å². The van der Waals surface area contributed by atoms with Gasteiger partial charge in [0.25, 0.3) is 0 Å². The minimum absolute atomic E-state index is 0.746. The standard InChI is InChI=1S/C17H24N4/c1-19(14-17-18-9-11-20(17)2)12-15-8-10-21(13-15)16-6-4-3-5-7-16/h3-7,9,11,15H,8,10,12-14H2,1-2H3. The van der Waals surface area contributed by atoms with Crippen molar-refractivity contribution in [3.8, 4) is 0 Å². The zero-order valence-corrected chi connectivity index (χ0v) is 12.9. The van der Waals surface area contributed by atoms with E-state index in [1.54, 1.807) is 0 Å². The summed E-state index contributed by atoms with van der Waals surface area (Å²) in [6.07, 6.45) is 5.16. The summed E-state index contributed by atoms with van der Waals surface area (Å²) in [5, 5.41) is 0. The number of hydrogen-bond acceptors (Lipinski definition) is 3. The third kappa shape index (κ3) is 3.45. The first-order valence-corrected chi connectivity index (χ1v) is 7.67. The highest BCUT2D eigenvalue weighted by Crippen LogP contribution is 2.24. The van der Waals surface area contributed by atoms with Crippen LogP contribution in [0.15, 0.2) is 42.7 Å². The molecule has 2 heterocycles. The molecule has 4 heteroatoms. The summed E-state index contributed by atoms with van der Waals surface area (Å²) in [6.45, 7) is 4.39. The van der Waals surface area contributed by atoms with Gasteiger partial charge in [-0.2, -0.15) is 0 Å². The Morgan fingerprint density at radius 1 is 1.29 bits per heavy atom. The summed E-state index contributed by atoms with van der Waals surface area (Å²) in [7, 11) is 4.25. The number of aryl methyl sites for hydroxylation is 1. The van der Waals surface area contributed by atoms with Gasteiger partial charge in [-0.15, -0.1) is 0 Å². The van der Waals surface area contributed by atoms with E-state index in [-0.39, 0.29) is 0 Å². The quantitative estimate of drug-likeness (QED) is 0.842. The number of nitrogens with zero attached hydrogens (tertiary/aromatic N) is 4. The molecule has 1 atom stereocenters. The molecule has 0 spiro atoms. The summed E-state index contributed by atoms with van der Waals surface area (Å²) < 4.78 is 2.10. The second kappa shape index (κ2) is 6.31. The first-order valence-electron chi connectivity index (χ1n) is 7.67. The third-order valence-corrected chi connectivity index (χ3v) is 4.31. The van der Waals surface area contributed by atoms with Crippen molar-refractivity contribution in [2.24, 2.45) is 13.0 Å². The van der Waals surface area contributed by atoms with Crippen molar-refractivity contribution in [3.63, 3.8) is 0 Å². The largest absolute Gasteiger partial charge is 0.371 e. The van der Waals surface area contributed by atoms with E-state index in [1.165, 1.54) is 18.7 Å². The fraction of sp³-hybridized carbons (Fsp3) is 0.471. The van der Waals surface area contributed by atoms with E-state index in [1.807, 2.05) is 12.4 Å². The lowest BCUT2D eigenvalue weighted by Crippen LogP contribution is -2.28. The van der Waals surface area contributed by atoms with Crippen molar-refractivity contribution in [3.05, 3.63) is 48.5 Å². The number of anilines is 1. The molecule has 1 aliphatic heterocycles. The van der Waals surface area contributed by atoms with Gasteiger partial charge in [0.2, 0.25) is 0 Å². The van der Waals surface area contributed by atoms with Gasteiger partial charge in [-0.05, 0) is 31.5 Å². The molecule has 0 saturated carbocycles. The predicted molar refractivity (Wildman–Crippen MR) is 86.3 cm³/mol. The molecule has 1 aliphatic rings. The molecule has 2 aromatic rings. The topological polar surface area (TPSA) is 24.3 Å². The Morgan fingerprint density at radius 3 is 2.81 bits per heavy atom. The first kappa shape index (κ1) is 14.1. The molecule has 21 heavy (non-hydrogen) atoms. The smallest absolute Gasteiger partial charge is 0.122 e. The van der Waals surface area contributed by atoms with Crippen LogP contribution in [0.5, 0.6) is 0 Å². The minimum Gasteiger partial charge on any atom is -0.371 e. The molecular weight excluding hydrogens is 260 g/mol. The van der Waals surface area contributed by atoms with Gasteiger partial charge < -0.3 is 9.47 Å². The molecule has 0 aliphatic carbocycles. The second-order valence-corrected chi connectivity index (χ2v) is 6.09. The lowest BCUT2D eigenvalue weighted by molar-refractivity contribution is 0.271. The fourth-order valence-corrected chi connectivity index (χ4v) is 3.15. The Hall–Kier alpha value is -1.81. The number of imidazole rings is 1. The monoisotopic (exact) mass is 284 g/mol. The van der Waals surface area contributed by atoms with Crippen LogP contribution < -0.4 is 4.90 Å². The van der Waals surface area contributed by atoms with Crippen molar-refractivity contribution >= 4 is 5.69 Å². The van der Waals surface area contributed by atoms with E-state index in [0.717, 1.165) is 31.4 Å². The van der Waals surface area contributed by atoms with Gasteiger partial charge in [0, 0.05) is 44.8 Å². The van der Waals surface area contributed by atoms with Crippen LogP contribution in [0.4, 0.5) is 5.69 Å². The highest BCUT2D eigenvalue weighted by atomic mass is 15.2. The van der Waals surface area contributed by atoms with Crippen LogP contribution in [0.3, 0.4) is 0 Å². The third-order valence-electron chi connectivity index (χ3n) is 4.31. The summed E-state index contributed by atoms with van der Waals surface area (Å²) in [4.78, 5) is 9.29. The van der Waals surface area contributed by atoms with Crippen LogP contribution in [0.2, 0.25) is 0 Å². The van der Waals surface area contributed by atoms with E-state index in [4.69, 9.17) is 0 Å². The maximum Gasteiger partial charge on any atom is 0.122 e. The molecular formula is C17H24N4. The van der Waals surface area contributed by atoms with Gasteiger partial charge in [0.1, 0.15) is 5.82 Å². The van der Waals surface area contributed by atoms with E-state index in [9.17, 15) is 0 Å². The molecule has 0 amide bonds. The van der Waals surface area contributed by atoms with Crippen LogP contribution in [-0.2, 0) is 13.6 Å². The van der Waals surface area contributed by atoms with E-state index in [0.29, 0.717) is 0 Å². The normalized spacial score (nSPS) is 18.6. The molecule has 0 bridgehead atoms. The van der Waals surface area contributed by atoms with Gasteiger partial charge in [-0.1, -0.05) is 18.2 Å². The lowest BCUT2D eigenvalue weighted by Gasteiger charge is -2.22. The summed E-state index contributed by atoms with van der Waals surface area (Å²) >= 11 is 0. The minimum atomic E-state index is 0.746. The van der Waals surface area contributed by atoms with Crippen LogP contribution in [0, 0.1) is 5.92 Å². The van der Waals surface area contributed by atoms with Crippen molar-refractivity contribution < 1.29 is 0 Å². The number of rotatable bonds is 5. The number of hydrogen-bond donors (Lipinski definition) is 0. The Balaban J connectivity index is 1.52. The Bertz CT molecular complexity index is 563. The van der Waals surface area contributed by atoms with Gasteiger partial charge in [0.05, 0.1) is 6.54 Å². The van der Waals surface area contributed by atoms with E-state index in [2.05, 4.69) is 63.8 Å². The summed E-state index contributed by atoms with van der Waals surface area (Å²) in [5.74, 6) is 1.88. The molecule has 4 nitrogen and oxygen atoms in total. The predicted octanol–water partition coefficient (Wildman–Crippen LogP) is 2.38. The zero-order chi connectivity index (χ0) is 14.7. The first-order chi connectivity index (χ1) is 10.2. The molecule has 3 rings (SSSR count). The highest BCUT2D eigenvalue weighted by molar-refractivity contribution is 5.46. The van der Waals surface area contributed by atoms with Crippen LogP contribution in [-0.4, -0.2) is 41.1 Å². The molecule has 0 N–H and O–H groups in total. The molecule has 0 radical (unpaired) electrons. The Labute approximate surface area is 127 Å².